The van der Waals surface area contributed by atoms with Gasteiger partial charge in [0.05, 0.1) is 0 Å². The van der Waals surface area contributed by atoms with E-state index in [1.807, 2.05) is 0 Å². The molecule has 1 aromatic rings. The SMILES string of the molecule is Cc1ccc2c(c1)C[N-]2.[Y]. The first-order chi connectivity index (χ1) is 4.36. The van der Waals surface area contributed by atoms with Crippen molar-refractivity contribution in [2.45, 2.75) is 13.5 Å². The van der Waals surface area contributed by atoms with Gasteiger partial charge in [0.2, 0.25) is 0 Å². The topological polar surface area (TPSA) is 14.1 Å². The Labute approximate surface area is 86.1 Å². The molecule has 0 saturated carbocycles. The summed E-state index contributed by atoms with van der Waals surface area (Å²) in [6, 6.07) is 6.37. The number of hydrogen-bond donors (Lipinski definition) is 0. The molecule has 1 heterocycles. The summed E-state index contributed by atoms with van der Waals surface area (Å²) in [5, 5.41) is 4.17. The quantitative estimate of drug-likeness (QED) is 0.620. The van der Waals surface area contributed by atoms with E-state index in [0.717, 1.165) is 6.54 Å². The Hall–Kier alpha value is 0.124. The van der Waals surface area contributed by atoms with Gasteiger partial charge in [-0.05, 0) is 6.92 Å². The van der Waals surface area contributed by atoms with E-state index < -0.39 is 0 Å². The Morgan fingerprint density at radius 2 is 2.20 bits per heavy atom. The number of rotatable bonds is 0. The van der Waals surface area contributed by atoms with E-state index in [0.29, 0.717) is 0 Å². The van der Waals surface area contributed by atoms with E-state index in [4.69, 9.17) is 0 Å². The molecule has 1 aromatic carbocycles. The van der Waals surface area contributed by atoms with Crippen molar-refractivity contribution in [1.29, 1.82) is 0 Å². The molecule has 49 valence electrons. The van der Waals surface area contributed by atoms with Gasteiger partial charge in [-0.3, -0.25) is 0 Å². The summed E-state index contributed by atoms with van der Waals surface area (Å²) in [5.41, 5.74) is 3.92. The molecular formula is C8H8NY-. The molecule has 0 atom stereocenters. The van der Waals surface area contributed by atoms with Gasteiger partial charge in [-0.1, -0.05) is 29.3 Å². The molecule has 1 aliphatic rings. The standard InChI is InChI=1S/C8H8N.Y/c1-6-2-3-8-7(4-6)5-9-8;/h2-4H,5H2,1H3;/q-1;. The van der Waals surface area contributed by atoms with Crippen LogP contribution >= 0.6 is 0 Å². The van der Waals surface area contributed by atoms with E-state index in [1.54, 1.807) is 0 Å². The molecule has 0 bridgehead atoms. The van der Waals surface area contributed by atoms with Crippen LogP contribution in [0.5, 0.6) is 0 Å². The van der Waals surface area contributed by atoms with Crippen LogP contribution in [0.25, 0.3) is 5.32 Å². The summed E-state index contributed by atoms with van der Waals surface area (Å²) in [4.78, 5) is 0. The molecule has 2 rings (SSSR count). The largest absolute Gasteiger partial charge is 0.681 e. The van der Waals surface area contributed by atoms with Crippen LogP contribution in [-0.4, -0.2) is 0 Å². The summed E-state index contributed by atoms with van der Waals surface area (Å²) in [5.74, 6) is 0. The van der Waals surface area contributed by atoms with Gasteiger partial charge >= 0.3 is 0 Å². The number of nitrogens with zero attached hydrogens (tertiary/aromatic N) is 1. The third-order valence-electron chi connectivity index (χ3n) is 1.65. The van der Waals surface area contributed by atoms with E-state index in [1.165, 1.54) is 16.8 Å². The maximum absolute atomic E-state index is 4.17. The van der Waals surface area contributed by atoms with Gasteiger partial charge < -0.3 is 5.32 Å². The van der Waals surface area contributed by atoms with Crippen LogP contribution in [0.4, 0.5) is 5.69 Å². The van der Waals surface area contributed by atoms with Crippen LogP contribution in [-0.2, 0) is 39.3 Å². The molecule has 0 aliphatic carbocycles. The number of aryl methyl sites for hydroxylation is 1. The van der Waals surface area contributed by atoms with Gasteiger partial charge in [0.1, 0.15) is 0 Å². The van der Waals surface area contributed by atoms with Crippen molar-refractivity contribution in [2.75, 3.05) is 0 Å². The maximum Gasteiger partial charge on any atom is 0 e. The monoisotopic (exact) mass is 207 g/mol. The predicted octanol–water partition coefficient (Wildman–Crippen LogP) is 2.51. The third-order valence-corrected chi connectivity index (χ3v) is 1.65. The maximum atomic E-state index is 4.17. The molecule has 1 nitrogen and oxygen atoms in total. The molecule has 0 spiro atoms. The molecule has 1 aliphatic heterocycles. The minimum absolute atomic E-state index is 0. The molecule has 10 heavy (non-hydrogen) atoms. The second-order valence-electron chi connectivity index (χ2n) is 2.45. The minimum atomic E-state index is 0. The van der Waals surface area contributed by atoms with Gasteiger partial charge in [0, 0.05) is 32.7 Å². The Bertz CT molecular complexity index is 245. The van der Waals surface area contributed by atoms with Crippen molar-refractivity contribution in [3.8, 4) is 0 Å². The fourth-order valence-corrected chi connectivity index (χ4v) is 1.07. The number of fused-ring (bicyclic) bond motifs is 1. The summed E-state index contributed by atoms with van der Waals surface area (Å²) < 4.78 is 0. The van der Waals surface area contributed by atoms with Crippen LogP contribution in [0.3, 0.4) is 0 Å². The Morgan fingerprint density at radius 3 is 2.60 bits per heavy atom. The van der Waals surface area contributed by atoms with Crippen molar-refractivity contribution in [3.63, 3.8) is 0 Å². The number of benzene rings is 1. The van der Waals surface area contributed by atoms with Crippen molar-refractivity contribution < 1.29 is 32.7 Å². The molecule has 0 aromatic heterocycles. The Kier molecular flexibility index (Phi) is 2.48. The van der Waals surface area contributed by atoms with Gasteiger partial charge in [0.15, 0.2) is 0 Å². The molecule has 0 N–H and O–H groups in total. The first kappa shape index (κ1) is 8.22. The van der Waals surface area contributed by atoms with Gasteiger partial charge in [-0.2, -0.15) is 0 Å². The smallest absolute Gasteiger partial charge is 0 e. The zero-order valence-corrected chi connectivity index (χ0v) is 8.80. The predicted molar refractivity (Wildman–Crippen MR) is 37.9 cm³/mol. The van der Waals surface area contributed by atoms with Gasteiger partial charge in [-0.25, -0.2) is 0 Å². The van der Waals surface area contributed by atoms with Crippen LogP contribution in [0, 0.1) is 6.92 Å². The van der Waals surface area contributed by atoms with Crippen molar-refractivity contribution in [1.82, 2.24) is 0 Å². The molecule has 0 fully saturated rings. The molecule has 0 unspecified atom stereocenters. The molecular weight excluding hydrogens is 199 g/mol. The van der Waals surface area contributed by atoms with E-state index >= 15 is 0 Å². The van der Waals surface area contributed by atoms with Crippen LogP contribution in [0.2, 0.25) is 0 Å². The zero-order valence-electron chi connectivity index (χ0n) is 5.96. The van der Waals surface area contributed by atoms with Crippen LogP contribution in [0.15, 0.2) is 18.2 Å². The molecule has 0 saturated heterocycles. The van der Waals surface area contributed by atoms with E-state index in [2.05, 4.69) is 30.4 Å². The second-order valence-corrected chi connectivity index (χ2v) is 2.45. The van der Waals surface area contributed by atoms with Crippen molar-refractivity contribution in [2.24, 2.45) is 0 Å². The fraction of sp³-hybridized carbons (Fsp3) is 0.250. The minimum Gasteiger partial charge on any atom is -0.681 e. The molecule has 1 radical (unpaired) electrons. The van der Waals surface area contributed by atoms with Crippen molar-refractivity contribution in [3.05, 3.63) is 34.6 Å². The summed E-state index contributed by atoms with van der Waals surface area (Å²) in [6.07, 6.45) is 0. The summed E-state index contributed by atoms with van der Waals surface area (Å²) in [7, 11) is 0. The van der Waals surface area contributed by atoms with Crippen molar-refractivity contribution >= 4 is 5.69 Å². The third kappa shape index (κ3) is 1.26. The Balaban J connectivity index is 0.000000500. The number of hydrogen-bond acceptors (Lipinski definition) is 0. The Morgan fingerprint density at radius 1 is 1.40 bits per heavy atom. The summed E-state index contributed by atoms with van der Waals surface area (Å²) in [6.45, 7) is 3.04. The van der Waals surface area contributed by atoms with E-state index in [9.17, 15) is 0 Å². The summed E-state index contributed by atoms with van der Waals surface area (Å²) >= 11 is 0. The first-order valence-electron chi connectivity index (χ1n) is 3.13. The normalized spacial score (nSPS) is 12.1. The molecule has 0 amide bonds. The van der Waals surface area contributed by atoms with Crippen LogP contribution < -0.4 is 0 Å². The van der Waals surface area contributed by atoms with Gasteiger partial charge in [-0.15, -0.1) is 12.2 Å². The van der Waals surface area contributed by atoms with Crippen LogP contribution in [0.1, 0.15) is 11.1 Å². The van der Waals surface area contributed by atoms with Gasteiger partial charge in [0.25, 0.3) is 0 Å². The second kappa shape index (κ2) is 3.02. The molecule has 2 heteroatoms. The average Bonchev–Trinajstić information content (AvgIpc) is 1.78. The van der Waals surface area contributed by atoms with E-state index in [-0.39, 0.29) is 32.7 Å². The average molecular weight is 207 g/mol. The first-order valence-corrected chi connectivity index (χ1v) is 3.13. The zero-order chi connectivity index (χ0) is 6.27. The fourth-order valence-electron chi connectivity index (χ4n) is 1.07.